The first kappa shape index (κ1) is 13.5. The number of amides is 4. The van der Waals surface area contributed by atoms with Gasteiger partial charge < -0.3 is 10.2 Å². The lowest BCUT2D eigenvalue weighted by atomic mass is 10.2. The number of nitrogens with zero attached hydrogens (tertiary/aromatic N) is 1. The number of carbonyl (C=O) groups excluding carboxylic acids is 3. The lowest BCUT2D eigenvalue weighted by molar-refractivity contribution is -0.134. The van der Waals surface area contributed by atoms with Crippen molar-refractivity contribution in [3.05, 3.63) is 0 Å². The second-order valence-corrected chi connectivity index (χ2v) is 4.10. The van der Waals surface area contributed by atoms with Crippen LogP contribution in [0.25, 0.3) is 0 Å². The molecule has 1 aliphatic rings. The van der Waals surface area contributed by atoms with Gasteiger partial charge in [-0.15, -0.1) is 0 Å². The normalized spacial score (nSPS) is 18.8. The Kier molecular flexibility index (Phi) is 4.93. The van der Waals surface area contributed by atoms with Crippen LogP contribution < -0.4 is 10.6 Å². The van der Waals surface area contributed by atoms with E-state index >= 15 is 0 Å². The molecule has 0 spiro atoms. The molecule has 1 heterocycles. The highest BCUT2D eigenvalue weighted by Crippen LogP contribution is 2.04. The molecule has 0 aromatic rings. The van der Waals surface area contributed by atoms with E-state index in [9.17, 15) is 14.4 Å². The minimum atomic E-state index is -0.716. The molecule has 6 heteroatoms. The van der Waals surface area contributed by atoms with E-state index in [1.165, 1.54) is 0 Å². The Morgan fingerprint density at radius 2 is 1.82 bits per heavy atom. The molecule has 1 unspecified atom stereocenters. The molecule has 1 fully saturated rings. The Hall–Kier alpha value is -1.59. The van der Waals surface area contributed by atoms with Crippen molar-refractivity contribution in [1.29, 1.82) is 0 Å². The first-order valence-electron chi connectivity index (χ1n) is 5.97. The summed E-state index contributed by atoms with van der Waals surface area (Å²) in [4.78, 5) is 35.9. The highest BCUT2D eigenvalue weighted by atomic mass is 16.2. The third kappa shape index (κ3) is 3.72. The number of rotatable bonds is 6. The standard InChI is InChI=1S/C11H19N3O3/c1-3-5-14(6-4-2)9(15)7-8-10(16)13-11(17)12-8/h8H,3-7H2,1-2H3,(H2,12,13,16,17). The van der Waals surface area contributed by atoms with Crippen LogP contribution >= 0.6 is 0 Å². The van der Waals surface area contributed by atoms with Gasteiger partial charge in [-0.05, 0) is 12.8 Å². The molecule has 0 saturated carbocycles. The van der Waals surface area contributed by atoms with E-state index in [1.807, 2.05) is 13.8 Å². The quantitative estimate of drug-likeness (QED) is 0.653. The van der Waals surface area contributed by atoms with E-state index in [0.29, 0.717) is 13.1 Å². The number of urea groups is 1. The molecule has 0 aromatic carbocycles. The van der Waals surface area contributed by atoms with E-state index < -0.39 is 18.0 Å². The summed E-state index contributed by atoms with van der Waals surface area (Å²) >= 11 is 0. The van der Waals surface area contributed by atoms with Crippen LogP contribution in [-0.2, 0) is 9.59 Å². The van der Waals surface area contributed by atoms with Crippen LogP contribution in [0.2, 0.25) is 0 Å². The van der Waals surface area contributed by atoms with E-state index in [4.69, 9.17) is 0 Å². The monoisotopic (exact) mass is 241 g/mol. The lowest BCUT2D eigenvalue weighted by Crippen LogP contribution is -2.39. The Morgan fingerprint density at radius 1 is 1.24 bits per heavy atom. The molecule has 0 aliphatic carbocycles. The Morgan fingerprint density at radius 3 is 2.24 bits per heavy atom. The van der Waals surface area contributed by atoms with Gasteiger partial charge in [-0.1, -0.05) is 13.8 Å². The average Bonchev–Trinajstić information content (AvgIpc) is 2.57. The molecule has 0 radical (unpaired) electrons. The number of carbonyl (C=O) groups is 3. The van der Waals surface area contributed by atoms with Crippen LogP contribution in [0.15, 0.2) is 0 Å². The van der Waals surface area contributed by atoms with Crippen LogP contribution in [0.1, 0.15) is 33.1 Å². The van der Waals surface area contributed by atoms with Crippen molar-refractivity contribution in [2.45, 2.75) is 39.2 Å². The van der Waals surface area contributed by atoms with Crippen molar-refractivity contribution in [1.82, 2.24) is 15.5 Å². The van der Waals surface area contributed by atoms with E-state index in [-0.39, 0.29) is 12.3 Å². The van der Waals surface area contributed by atoms with Gasteiger partial charge in [0.05, 0.1) is 6.42 Å². The fraction of sp³-hybridized carbons (Fsp3) is 0.727. The molecule has 4 amide bonds. The van der Waals surface area contributed by atoms with Crippen molar-refractivity contribution in [2.75, 3.05) is 13.1 Å². The molecule has 2 N–H and O–H groups in total. The Balaban J connectivity index is 2.51. The van der Waals surface area contributed by atoms with E-state index in [1.54, 1.807) is 4.90 Å². The van der Waals surface area contributed by atoms with E-state index in [2.05, 4.69) is 10.6 Å². The van der Waals surface area contributed by atoms with Gasteiger partial charge in [0.15, 0.2) is 0 Å². The number of imide groups is 1. The predicted octanol–water partition coefficient (Wildman–Crippen LogP) is 0.233. The SMILES string of the molecule is CCCN(CCC)C(=O)CC1NC(=O)NC1=O. The minimum absolute atomic E-state index is 0.0393. The zero-order valence-electron chi connectivity index (χ0n) is 10.3. The zero-order valence-corrected chi connectivity index (χ0v) is 10.3. The highest BCUT2D eigenvalue weighted by molar-refractivity contribution is 6.05. The van der Waals surface area contributed by atoms with Crippen LogP contribution in [0, 0.1) is 0 Å². The average molecular weight is 241 g/mol. The summed E-state index contributed by atoms with van der Waals surface area (Å²) in [6.45, 7) is 5.38. The van der Waals surface area contributed by atoms with Gasteiger partial charge in [0, 0.05) is 13.1 Å². The predicted molar refractivity (Wildman–Crippen MR) is 62.2 cm³/mol. The fourth-order valence-corrected chi connectivity index (χ4v) is 1.81. The summed E-state index contributed by atoms with van der Waals surface area (Å²) in [6.07, 6.45) is 1.81. The van der Waals surface area contributed by atoms with Crippen LogP contribution in [0.3, 0.4) is 0 Å². The molecule has 17 heavy (non-hydrogen) atoms. The van der Waals surface area contributed by atoms with Crippen molar-refractivity contribution in [3.63, 3.8) is 0 Å². The molecule has 1 saturated heterocycles. The van der Waals surface area contributed by atoms with Gasteiger partial charge in [0.2, 0.25) is 5.91 Å². The van der Waals surface area contributed by atoms with Crippen molar-refractivity contribution < 1.29 is 14.4 Å². The molecule has 1 rings (SSSR count). The first-order chi connectivity index (χ1) is 8.08. The molecular weight excluding hydrogens is 222 g/mol. The zero-order chi connectivity index (χ0) is 12.8. The fourth-order valence-electron chi connectivity index (χ4n) is 1.81. The molecule has 6 nitrogen and oxygen atoms in total. The van der Waals surface area contributed by atoms with Crippen LogP contribution in [0.4, 0.5) is 4.79 Å². The smallest absolute Gasteiger partial charge is 0.322 e. The third-order valence-electron chi connectivity index (χ3n) is 2.58. The van der Waals surface area contributed by atoms with Crippen molar-refractivity contribution in [2.24, 2.45) is 0 Å². The Bertz CT molecular complexity index is 311. The largest absolute Gasteiger partial charge is 0.343 e. The summed E-state index contributed by atoms with van der Waals surface area (Å²) in [7, 11) is 0. The summed E-state index contributed by atoms with van der Waals surface area (Å²) in [5.74, 6) is -0.507. The highest BCUT2D eigenvalue weighted by Gasteiger charge is 2.32. The maximum atomic E-state index is 11.9. The van der Waals surface area contributed by atoms with Crippen molar-refractivity contribution in [3.8, 4) is 0 Å². The lowest BCUT2D eigenvalue weighted by Gasteiger charge is -2.22. The minimum Gasteiger partial charge on any atom is -0.343 e. The molecule has 1 aliphatic heterocycles. The van der Waals surface area contributed by atoms with Crippen LogP contribution in [0.5, 0.6) is 0 Å². The van der Waals surface area contributed by atoms with Crippen molar-refractivity contribution >= 4 is 17.8 Å². The molecule has 96 valence electrons. The maximum absolute atomic E-state index is 11.9. The number of hydrogen-bond donors (Lipinski definition) is 2. The number of hydrogen-bond acceptors (Lipinski definition) is 3. The topological polar surface area (TPSA) is 78.5 Å². The molecule has 1 atom stereocenters. The van der Waals surface area contributed by atoms with Crippen LogP contribution in [-0.4, -0.2) is 41.9 Å². The molecule has 0 bridgehead atoms. The molecule has 0 aromatic heterocycles. The van der Waals surface area contributed by atoms with Gasteiger partial charge in [0.1, 0.15) is 6.04 Å². The van der Waals surface area contributed by atoms with Gasteiger partial charge in [-0.25, -0.2) is 4.79 Å². The summed E-state index contributed by atoms with van der Waals surface area (Å²) in [5, 5.41) is 4.54. The third-order valence-corrected chi connectivity index (χ3v) is 2.58. The summed E-state index contributed by atoms with van der Waals surface area (Å²) < 4.78 is 0. The summed E-state index contributed by atoms with van der Waals surface area (Å²) in [6, 6.07) is -1.24. The second kappa shape index (κ2) is 6.22. The maximum Gasteiger partial charge on any atom is 0.322 e. The Labute approximate surface area is 101 Å². The van der Waals surface area contributed by atoms with Gasteiger partial charge in [-0.2, -0.15) is 0 Å². The first-order valence-corrected chi connectivity index (χ1v) is 5.97. The molecular formula is C11H19N3O3. The van der Waals surface area contributed by atoms with E-state index in [0.717, 1.165) is 12.8 Å². The number of nitrogens with one attached hydrogen (secondary N) is 2. The van der Waals surface area contributed by atoms with Gasteiger partial charge >= 0.3 is 6.03 Å². The van der Waals surface area contributed by atoms with Gasteiger partial charge in [-0.3, -0.25) is 14.9 Å². The van der Waals surface area contributed by atoms with Gasteiger partial charge in [0.25, 0.3) is 5.91 Å². The summed E-state index contributed by atoms with van der Waals surface area (Å²) in [5.41, 5.74) is 0. The second-order valence-electron chi connectivity index (χ2n) is 4.10.